The molecular formula is C16H28N2O4. The number of carbonyl (C=O) groups is 2. The zero-order chi connectivity index (χ0) is 16.4. The molecule has 0 aromatic carbocycles. The second-order valence-corrected chi connectivity index (χ2v) is 7.68. The van der Waals surface area contributed by atoms with Gasteiger partial charge in [-0.15, -0.1) is 0 Å². The maximum Gasteiger partial charge on any atom is 0.407 e. The molecule has 0 unspecified atom stereocenters. The Bertz CT molecular complexity index is 418. The van der Waals surface area contributed by atoms with Crippen molar-refractivity contribution in [1.82, 2.24) is 10.2 Å². The summed E-state index contributed by atoms with van der Waals surface area (Å²) < 4.78 is 5.18. The van der Waals surface area contributed by atoms with Crippen molar-refractivity contribution in [2.45, 2.75) is 52.1 Å². The van der Waals surface area contributed by atoms with Gasteiger partial charge in [0.25, 0.3) is 0 Å². The van der Waals surface area contributed by atoms with E-state index in [4.69, 9.17) is 4.74 Å². The van der Waals surface area contributed by atoms with Gasteiger partial charge in [-0.3, -0.25) is 4.79 Å². The van der Waals surface area contributed by atoms with Crippen LogP contribution < -0.4 is 5.32 Å². The number of nitrogens with one attached hydrogen (secondary N) is 1. The summed E-state index contributed by atoms with van der Waals surface area (Å²) in [5, 5.41) is 12.2. The molecule has 0 bridgehead atoms. The molecule has 6 heteroatoms. The predicted molar refractivity (Wildman–Crippen MR) is 82.7 cm³/mol. The van der Waals surface area contributed by atoms with E-state index in [-0.39, 0.29) is 6.54 Å². The Labute approximate surface area is 132 Å². The Kier molecular flexibility index (Phi) is 5.00. The van der Waals surface area contributed by atoms with Crippen molar-refractivity contribution in [3.63, 3.8) is 0 Å². The summed E-state index contributed by atoms with van der Waals surface area (Å²) in [6.07, 6.45) is 3.21. The van der Waals surface area contributed by atoms with Crippen molar-refractivity contribution in [2.75, 3.05) is 26.2 Å². The van der Waals surface area contributed by atoms with Crippen LogP contribution in [0.1, 0.15) is 46.5 Å². The molecule has 0 aromatic rings. The van der Waals surface area contributed by atoms with E-state index in [9.17, 15) is 14.7 Å². The fraction of sp³-hybridized carbons (Fsp3) is 0.875. The van der Waals surface area contributed by atoms with Gasteiger partial charge in [0.05, 0.1) is 5.41 Å². The van der Waals surface area contributed by atoms with Gasteiger partial charge in [0.15, 0.2) is 0 Å². The standard InChI is InChI=1S/C16H28N2O4/c1-15(2,3)22-14(21)17-11-16(13(19)20)6-8-18(9-7-16)10-12-4-5-12/h12H,4-11H2,1-3H3,(H,17,21)(H,19,20). The van der Waals surface area contributed by atoms with Crippen LogP contribution in [0.2, 0.25) is 0 Å². The fourth-order valence-electron chi connectivity index (χ4n) is 2.85. The number of hydrogen-bond donors (Lipinski definition) is 2. The number of aliphatic carboxylic acids is 1. The van der Waals surface area contributed by atoms with Crippen LogP contribution in [0, 0.1) is 11.3 Å². The van der Waals surface area contributed by atoms with Gasteiger partial charge in [-0.25, -0.2) is 4.79 Å². The third-order valence-corrected chi connectivity index (χ3v) is 4.45. The molecule has 1 amide bonds. The predicted octanol–water partition coefficient (Wildman–Crippen LogP) is 2.09. The van der Waals surface area contributed by atoms with Crippen LogP contribution in [0.15, 0.2) is 0 Å². The number of rotatable bonds is 5. The highest BCUT2D eigenvalue weighted by Crippen LogP contribution is 2.35. The number of piperidine rings is 1. The molecule has 6 nitrogen and oxygen atoms in total. The summed E-state index contributed by atoms with van der Waals surface area (Å²) in [7, 11) is 0. The van der Waals surface area contributed by atoms with Crippen molar-refractivity contribution >= 4 is 12.1 Å². The molecule has 0 atom stereocenters. The number of nitrogens with zero attached hydrogens (tertiary/aromatic N) is 1. The van der Waals surface area contributed by atoms with E-state index in [0.717, 1.165) is 25.6 Å². The highest BCUT2D eigenvalue weighted by atomic mass is 16.6. The number of amides is 1. The lowest BCUT2D eigenvalue weighted by atomic mass is 9.78. The Morgan fingerprint density at radius 1 is 1.27 bits per heavy atom. The molecule has 1 heterocycles. The molecule has 2 rings (SSSR count). The Morgan fingerprint density at radius 2 is 1.86 bits per heavy atom. The number of likely N-dealkylation sites (tertiary alicyclic amines) is 1. The first-order chi connectivity index (χ1) is 10.2. The molecule has 1 aliphatic carbocycles. The summed E-state index contributed by atoms with van der Waals surface area (Å²) in [5.41, 5.74) is -1.44. The largest absolute Gasteiger partial charge is 0.481 e. The highest BCUT2D eigenvalue weighted by Gasteiger charge is 2.42. The maximum absolute atomic E-state index is 11.7. The average Bonchev–Trinajstić information content (AvgIpc) is 3.20. The van der Waals surface area contributed by atoms with E-state index in [2.05, 4.69) is 10.2 Å². The summed E-state index contributed by atoms with van der Waals surface area (Å²) in [6.45, 7) is 8.17. The van der Waals surface area contributed by atoms with Gasteiger partial charge < -0.3 is 20.1 Å². The monoisotopic (exact) mass is 312 g/mol. The summed E-state index contributed by atoms with van der Waals surface area (Å²) in [6, 6.07) is 0. The maximum atomic E-state index is 11.7. The zero-order valence-electron chi connectivity index (χ0n) is 13.9. The molecule has 1 aliphatic heterocycles. The van der Waals surface area contributed by atoms with E-state index < -0.39 is 23.1 Å². The SMILES string of the molecule is CC(C)(C)OC(=O)NCC1(C(=O)O)CCN(CC2CC2)CC1. The number of alkyl carbamates (subject to hydrolysis) is 1. The molecule has 1 saturated carbocycles. The lowest BCUT2D eigenvalue weighted by Gasteiger charge is -2.39. The first kappa shape index (κ1) is 17.1. The van der Waals surface area contributed by atoms with Crippen molar-refractivity contribution in [3.05, 3.63) is 0 Å². The molecular weight excluding hydrogens is 284 g/mol. The highest BCUT2D eigenvalue weighted by molar-refractivity contribution is 5.76. The van der Waals surface area contributed by atoms with Gasteiger partial charge in [-0.05, 0) is 65.5 Å². The van der Waals surface area contributed by atoms with E-state index >= 15 is 0 Å². The summed E-state index contributed by atoms with van der Waals surface area (Å²) >= 11 is 0. The van der Waals surface area contributed by atoms with Crippen LogP contribution in [-0.2, 0) is 9.53 Å². The first-order valence-electron chi connectivity index (χ1n) is 8.13. The molecule has 22 heavy (non-hydrogen) atoms. The van der Waals surface area contributed by atoms with Crippen LogP contribution >= 0.6 is 0 Å². The number of ether oxygens (including phenoxy) is 1. The number of carboxylic acids is 1. The molecule has 2 fully saturated rings. The van der Waals surface area contributed by atoms with Crippen molar-refractivity contribution < 1.29 is 19.4 Å². The van der Waals surface area contributed by atoms with Gasteiger partial charge in [-0.1, -0.05) is 0 Å². The third-order valence-electron chi connectivity index (χ3n) is 4.45. The van der Waals surface area contributed by atoms with Gasteiger partial charge in [-0.2, -0.15) is 0 Å². The minimum absolute atomic E-state index is 0.133. The second-order valence-electron chi connectivity index (χ2n) is 7.68. The van der Waals surface area contributed by atoms with Gasteiger partial charge in [0, 0.05) is 13.1 Å². The van der Waals surface area contributed by atoms with Crippen LogP contribution in [0.25, 0.3) is 0 Å². The first-order valence-corrected chi connectivity index (χ1v) is 8.13. The topological polar surface area (TPSA) is 78.9 Å². The quantitative estimate of drug-likeness (QED) is 0.812. The number of carboxylic acid groups (broad SMARTS) is 1. The number of hydrogen-bond acceptors (Lipinski definition) is 4. The molecule has 0 aromatic heterocycles. The van der Waals surface area contributed by atoms with Crippen LogP contribution in [0.5, 0.6) is 0 Å². The molecule has 126 valence electrons. The molecule has 0 spiro atoms. The Hall–Kier alpha value is -1.30. The van der Waals surface area contributed by atoms with Crippen LogP contribution in [0.4, 0.5) is 4.79 Å². The normalized spacial score (nSPS) is 22.1. The fourth-order valence-corrected chi connectivity index (χ4v) is 2.85. The van der Waals surface area contributed by atoms with Crippen molar-refractivity contribution in [1.29, 1.82) is 0 Å². The molecule has 0 radical (unpaired) electrons. The number of carbonyl (C=O) groups excluding carboxylic acids is 1. The second kappa shape index (κ2) is 6.44. The van der Waals surface area contributed by atoms with Crippen molar-refractivity contribution in [2.24, 2.45) is 11.3 Å². The smallest absolute Gasteiger partial charge is 0.407 e. The summed E-state index contributed by atoms with van der Waals surface area (Å²) in [5.74, 6) is -0.00755. The van der Waals surface area contributed by atoms with E-state index in [0.29, 0.717) is 12.8 Å². The van der Waals surface area contributed by atoms with E-state index in [1.807, 2.05) is 0 Å². The third kappa shape index (κ3) is 4.87. The zero-order valence-corrected chi connectivity index (χ0v) is 13.9. The lowest BCUT2D eigenvalue weighted by molar-refractivity contribution is -0.151. The molecule has 2 N–H and O–H groups in total. The summed E-state index contributed by atoms with van der Waals surface area (Å²) in [4.78, 5) is 25.8. The average molecular weight is 312 g/mol. The minimum atomic E-state index is -0.864. The van der Waals surface area contributed by atoms with Crippen molar-refractivity contribution in [3.8, 4) is 0 Å². The Balaban J connectivity index is 1.84. The van der Waals surface area contributed by atoms with Gasteiger partial charge >= 0.3 is 12.1 Å². The van der Waals surface area contributed by atoms with Gasteiger partial charge in [0.1, 0.15) is 5.60 Å². The minimum Gasteiger partial charge on any atom is -0.481 e. The molecule has 1 saturated heterocycles. The lowest BCUT2D eigenvalue weighted by Crippen LogP contribution is -2.51. The van der Waals surface area contributed by atoms with Gasteiger partial charge in [0.2, 0.25) is 0 Å². The molecule has 2 aliphatic rings. The van der Waals surface area contributed by atoms with E-state index in [1.54, 1.807) is 20.8 Å². The Morgan fingerprint density at radius 3 is 2.32 bits per heavy atom. The van der Waals surface area contributed by atoms with Crippen LogP contribution in [0.3, 0.4) is 0 Å². The van der Waals surface area contributed by atoms with Crippen LogP contribution in [-0.4, -0.2) is 53.8 Å². The van der Waals surface area contributed by atoms with E-state index in [1.165, 1.54) is 12.8 Å².